The lowest BCUT2D eigenvalue weighted by Crippen LogP contribution is -2.34. The highest BCUT2D eigenvalue weighted by atomic mass is 16.5. The Hall–Kier alpha value is -2.82. The lowest BCUT2D eigenvalue weighted by Gasteiger charge is -2.09. The van der Waals surface area contributed by atoms with Crippen molar-refractivity contribution < 1.29 is 9.53 Å². The first-order valence-corrected chi connectivity index (χ1v) is 7.57. The van der Waals surface area contributed by atoms with Crippen molar-refractivity contribution in [2.45, 2.75) is 6.54 Å². The summed E-state index contributed by atoms with van der Waals surface area (Å²) in [6, 6.07) is 15.2. The molecule has 3 rings (SSSR count). The largest absolute Gasteiger partial charge is 0.497 e. The average molecular weight is 309 g/mol. The Labute approximate surface area is 135 Å². The summed E-state index contributed by atoms with van der Waals surface area (Å²) in [7, 11) is 1.60. The molecule has 0 saturated heterocycles. The van der Waals surface area contributed by atoms with Crippen molar-refractivity contribution >= 4 is 11.7 Å². The van der Waals surface area contributed by atoms with E-state index in [1.807, 2.05) is 12.1 Å². The van der Waals surface area contributed by atoms with E-state index in [0.717, 1.165) is 23.7 Å². The Kier molecular flexibility index (Phi) is 4.57. The van der Waals surface area contributed by atoms with Crippen LogP contribution in [0.5, 0.6) is 5.75 Å². The van der Waals surface area contributed by atoms with Crippen molar-refractivity contribution in [1.29, 1.82) is 0 Å². The summed E-state index contributed by atoms with van der Waals surface area (Å²) in [5, 5.41) is 6.17. The number of nitrogens with zero attached hydrogens (tertiary/aromatic N) is 1. The molecule has 2 aromatic rings. The van der Waals surface area contributed by atoms with Crippen LogP contribution in [0.4, 0.5) is 0 Å². The van der Waals surface area contributed by atoms with Gasteiger partial charge in [-0.05, 0) is 29.8 Å². The number of hydrogen-bond acceptors (Lipinski definition) is 4. The summed E-state index contributed by atoms with van der Waals surface area (Å²) in [5.74, 6) is 1.55. The maximum atomic E-state index is 12.0. The highest BCUT2D eigenvalue weighted by Crippen LogP contribution is 2.16. The van der Waals surface area contributed by atoms with Crippen molar-refractivity contribution in [3.8, 4) is 5.75 Å². The molecule has 1 amide bonds. The van der Waals surface area contributed by atoms with Crippen LogP contribution in [0.25, 0.3) is 0 Å². The van der Waals surface area contributed by atoms with Gasteiger partial charge in [-0.1, -0.05) is 24.3 Å². The minimum atomic E-state index is -0.0942. The van der Waals surface area contributed by atoms with Crippen LogP contribution in [0, 0.1) is 0 Å². The molecule has 118 valence electrons. The molecule has 0 unspecified atom stereocenters. The maximum absolute atomic E-state index is 12.0. The molecule has 1 heterocycles. The Morgan fingerprint density at radius 3 is 2.70 bits per heavy atom. The standard InChI is InChI=1S/C18H19N3O2/c1-23-15-8-6-13(7-9-15)18(22)20-11-10-19-17-16-5-3-2-4-14(16)12-21-17/h2-9H,10-12H2,1H3,(H,19,21)(H,20,22). The minimum Gasteiger partial charge on any atom is -0.497 e. The number of ether oxygens (including phenoxy) is 1. The number of amidine groups is 1. The number of aliphatic imine (C=N–C) groups is 1. The third-order valence-corrected chi connectivity index (χ3v) is 3.74. The van der Waals surface area contributed by atoms with Gasteiger partial charge in [-0.15, -0.1) is 0 Å². The molecular weight excluding hydrogens is 290 g/mol. The second-order valence-corrected chi connectivity index (χ2v) is 5.23. The van der Waals surface area contributed by atoms with E-state index in [0.29, 0.717) is 18.7 Å². The zero-order valence-corrected chi connectivity index (χ0v) is 13.0. The summed E-state index contributed by atoms with van der Waals surface area (Å²) in [6.45, 7) is 1.89. The topological polar surface area (TPSA) is 62.7 Å². The van der Waals surface area contributed by atoms with Crippen LogP contribution in [0.3, 0.4) is 0 Å². The Morgan fingerprint density at radius 2 is 1.91 bits per heavy atom. The normalized spacial score (nSPS) is 12.3. The third kappa shape index (κ3) is 3.51. The van der Waals surface area contributed by atoms with E-state index in [9.17, 15) is 4.79 Å². The lowest BCUT2D eigenvalue weighted by molar-refractivity contribution is 0.0954. The maximum Gasteiger partial charge on any atom is 0.251 e. The fourth-order valence-corrected chi connectivity index (χ4v) is 2.49. The predicted molar refractivity (Wildman–Crippen MR) is 90.0 cm³/mol. The van der Waals surface area contributed by atoms with E-state index >= 15 is 0 Å². The van der Waals surface area contributed by atoms with Crippen LogP contribution in [0.1, 0.15) is 21.5 Å². The summed E-state index contributed by atoms with van der Waals surface area (Å²) >= 11 is 0. The van der Waals surface area contributed by atoms with Crippen molar-refractivity contribution in [1.82, 2.24) is 10.6 Å². The second kappa shape index (κ2) is 6.96. The molecule has 0 bridgehead atoms. The Bertz CT molecular complexity index is 723. The number of nitrogens with one attached hydrogen (secondary N) is 2. The summed E-state index contributed by atoms with van der Waals surface area (Å²) < 4.78 is 5.08. The number of amides is 1. The number of hydrogen-bond donors (Lipinski definition) is 2. The first-order valence-electron chi connectivity index (χ1n) is 7.57. The predicted octanol–water partition coefficient (Wildman–Crippen LogP) is 1.97. The second-order valence-electron chi connectivity index (χ2n) is 5.23. The van der Waals surface area contributed by atoms with Crippen LogP contribution >= 0.6 is 0 Å². The van der Waals surface area contributed by atoms with Gasteiger partial charge < -0.3 is 15.4 Å². The van der Waals surface area contributed by atoms with Crippen molar-refractivity contribution in [3.05, 3.63) is 65.2 Å². The van der Waals surface area contributed by atoms with Gasteiger partial charge >= 0.3 is 0 Å². The number of fused-ring (bicyclic) bond motifs is 1. The molecule has 5 heteroatoms. The third-order valence-electron chi connectivity index (χ3n) is 3.74. The van der Waals surface area contributed by atoms with E-state index in [4.69, 9.17) is 4.74 Å². The van der Waals surface area contributed by atoms with Crippen LogP contribution in [-0.2, 0) is 6.54 Å². The van der Waals surface area contributed by atoms with E-state index < -0.39 is 0 Å². The SMILES string of the molecule is COc1ccc(C(=O)NCCNC2=NCc3ccccc32)cc1. The van der Waals surface area contributed by atoms with Crippen molar-refractivity contribution in [2.24, 2.45) is 4.99 Å². The molecule has 0 aliphatic carbocycles. The number of carbonyl (C=O) groups is 1. The monoisotopic (exact) mass is 309 g/mol. The van der Waals surface area contributed by atoms with E-state index in [1.165, 1.54) is 5.56 Å². The molecule has 2 aromatic carbocycles. The van der Waals surface area contributed by atoms with Crippen molar-refractivity contribution in [2.75, 3.05) is 20.2 Å². The molecule has 1 aliphatic heterocycles. The first-order chi connectivity index (χ1) is 11.3. The number of rotatable bonds is 5. The summed E-state index contributed by atoms with van der Waals surface area (Å²) in [4.78, 5) is 16.5. The molecule has 0 atom stereocenters. The smallest absolute Gasteiger partial charge is 0.251 e. The lowest BCUT2D eigenvalue weighted by atomic mass is 10.1. The van der Waals surface area contributed by atoms with Gasteiger partial charge in [-0.2, -0.15) is 0 Å². The molecule has 0 fully saturated rings. The number of benzene rings is 2. The molecule has 0 radical (unpaired) electrons. The molecule has 5 nitrogen and oxygen atoms in total. The highest BCUT2D eigenvalue weighted by molar-refractivity contribution is 6.02. The average Bonchev–Trinajstić information content (AvgIpc) is 3.02. The van der Waals surface area contributed by atoms with Gasteiger partial charge in [0, 0.05) is 24.2 Å². The fourth-order valence-electron chi connectivity index (χ4n) is 2.49. The van der Waals surface area contributed by atoms with Gasteiger partial charge in [0.05, 0.1) is 13.7 Å². The molecular formula is C18H19N3O2. The van der Waals surface area contributed by atoms with E-state index in [1.54, 1.807) is 31.4 Å². The first kappa shape index (κ1) is 15.1. The van der Waals surface area contributed by atoms with Crippen LogP contribution in [0.2, 0.25) is 0 Å². The summed E-state index contributed by atoms with van der Waals surface area (Å²) in [5.41, 5.74) is 3.00. The van der Waals surface area contributed by atoms with Gasteiger partial charge in [0.15, 0.2) is 0 Å². The highest BCUT2D eigenvalue weighted by Gasteiger charge is 2.14. The van der Waals surface area contributed by atoms with Crippen LogP contribution < -0.4 is 15.4 Å². The number of carbonyl (C=O) groups excluding carboxylic acids is 1. The fraction of sp³-hybridized carbons (Fsp3) is 0.222. The zero-order chi connectivity index (χ0) is 16.1. The van der Waals surface area contributed by atoms with Gasteiger partial charge in [-0.3, -0.25) is 9.79 Å². The quantitative estimate of drug-likeness (QED) is 0.830. The molecule has 2 N–H and O–H groups in total. The summed E-state index contributed by atoms with van der Waals surface area (Å²) in [6.07, 6.45) is 0. The van der Waals surface area contributed by atoms with Crippen LogP contribution in [-0.4, -0.2) is 31.9 Å². The van der Waals surface area contributed by atoms with Gasteiger partial charge in [0.1, 0.15) is 11.6 Å². The van der Waals surface area contributed by atoms with Gasteiger partial charge in [-0.25, -0.2) is 0 Å². The molecule has 23 heavy (non-hydrogen) atoms. The Balaban J connectivity index is 1.46. The molecule has 0 saturated carbocycles. The van der Waals surface area contributed by atoms with Crippen molar-refractivity contribution in [3.63, 3.8) is 0 Å². The molecule has 0 spiro atoms. The minimum absolute atomic E-state index is 0.0942. The zero-order valence-electron chi connectivity index (χ0n) is 13.0. The van der Waals surface area contributed by atoms with E-state index in [-0.39, 0.29) is 5.91 Å². The van der Waals surface area contributed by atoms with Gasteiger partial charge in [0.2, 0.25) is 0 Å². The van der Waals surface area contributed by atoms with E-state index in [2.05, 4.69) is 27.8 Å². The van der Waals surface area contributed by atoms with Gasteiger partial charge in [0.25, 0.3) is 5.91 Å². The molecule has 1 aliphatic rings. The Morgan fingerprint density at radius 1 is 1.13 bits per heavy atom. The number of methoxy groups -OCH3 is 1. The molecule has 0 aromatic heterocycles. The van der Waals surface area contributed by atoms with Crippen LogP contribution in [0.15, 0.2) is 53.5 Å².